The Balaban J connectivity index is 1.52. The number of carbonyl (C=O) groups is 1. The van der Waals surface area contributed by atoms with Crippen molar-refractivity contribution in [1.29, 1.82) is 0 Å². The van der Waals surface area contributed by atoms with Crippen LogP contribution in [0.5, 0.6) is 0 Å². The third kappa shape index (κ3) is 4.22. The van der Waals surface area contributed by atoms with Crippen LogP contribution in [0.1, 0.15) is 25.7 Å². The van der Waals surface area contributed by atoms with Gasteiger partial charge in [0.2, 0.25) is 5.95 Å². The lowest BCUT2D eigenvalue weighted by atomic mass is 9.82. The van der Waals surface area contributed by atoms with Gasteiger partial charge in [-0.05, 0) is 49.8 Å². The second kappa shape index (κ2) is 8.25. The molecule has 6 nitrogen and oxygen atoms in total. The molecule has 2 aromatic heterocycles. The number of rotatable bonds is 6. The minimum Gasteiger partial charge on any atom is -0.481 e. The Bertz CT molecular complexity index is 917. The van der Waals surface area contributed by atoms with Crippen LogP contribution in [-0.2, 0) is 4.79 Å². The number of hydrogen-bond donors (Lipinski definition) is 2. The molecule has 0 saturated heterocycles. The van der Waals surface area contributed by atoms with E-state index in [4.69, 9.17) is 9.52 Å². The van der Waals surface area contributed by atoms with E-state index in [-0.39, 0.29) is 5.92 Å². The van der Waals surface area contributed by atoms with Gasteiger partial charge >= 0.3 is 5.97 Å². The molecule has 1 aliphatic carbocycles. The number of nitrogens with one attached hydrogen (secondary N) is 1. The summed E-state index contributed by atoms with van der Waals surface area (Å²) in [5.41, 5.74) is 2.58. The molecule has 0 amide bonds. The van der Waals surface area contributed by atoms with Crippen molar-refractivity contribution >= 4 is 11.9 Å². The number of furan rings is 1. The normalized spacial score (nSPS) is 19.3. The van der Waals surface area contributed by atoms with Crippen molar-refractivity contribution in [2.45, 2.75) is 25.7 Å². The van der Waals surface area contributed by atoms with Crippen molar-refractivity contribution in [3.05, 3.63) is 54.8 Å². The number of carboxylic acid groups (broad SMARTS) is 1. The predicted octanol–water partition coefficient (Wildman–Crippen LogP) is 4.71. The van der Waals surface area contributed by atoms with E-state index in [1.807, 2.05) is 48.5 Å². The summed E-state index contributed by atoms with van der Waals surface area (Å²) >= 11 is 0. The van der Waals surface area contributed by atoms with E-state index < -0.39 is 5.97 Å². The van der Waals surface area contributed by atoms with Gasteiger partial charge in [0.05, 0.1) is 17.9 Å². The summed E-state index contributed by atoms with van der Waals surface area (Å²) in [6.45, 7) is 0.738. The van der Waals surface area contributed by atoms with E-state index in [9.17, 15) is 4.79 Å². The molecule has 1 aliphatic rings. The fraction of sp³-hybridized carbons (Fsp3) is 0.318. The predicted molar refractivity (Wildman–Crippen MR) is 107 cm³/mol. The van der Waals surface area contributed by atoms with Crippen molar-refractivity contribution in [2.24, 2.45) is 11.8 Å². The van der Waals surface area contributed by atoms with Crippen LogP contribution in [0.15, 0.2) is 59.2 Å². The smallest absolute Gasteiger partial charge is 0.306 e. The molecule has 1 fully saturated rings. The molecule has 0 atom stereocenters. The number of benzene rings is 1. The van der Waals surface area contributed by atoms with Crippen LogP contribution in [0, 0.1) is 11.8 Å². The van der Waals surface area contributed by atoms with Crippen molar-refractivity contribution in [2.75, 3.05) is 11.9 Å². The first-order chi connectivity index (χ1) is 13.7. The number of nitrogens with zero attached hydrogens (tertiary/aromatic N) is 2. The van der Waals surface area contributed by atoms with E-state index in [0.717, 1.165) is 49.2 Å². The van der Waals surface area contributed by atoms with Crippen LogP contribution in [0.25, 0.3) is 22.7 Å². The highest BCUT2D eigenvalue weighted by Crippen LogP contribution is 2.30. The van der Waals surface area contributed by atoms with Crippen LogP contribution in [0.4, 0.5) is 5.95 Å². The quantitative estimate of drug-likeness (QED) is 0.647. The molecule has 1 aromatic carbocycles. The first-order valence-electron chi connectivity index (χ1n) is 9.64. The summed E-state index contributed by atoms with van der Waals surface area (Å²) in [5, 5.41) is 12.5. The zero-order chi connectivity index (χ0) is 19.3. The van der Waals surface area contributed by atoms with Crippen molar-refractivity contribution < 1.29 is 14.3 Å². The molecule has 0 spiro atoms. The van der Waals surface area contributed by atoms with Gasteiger partial charge in [-0.25, -0.2) is 9.97 Å². The van der Waals surface area contributed by atoms with E-state index in [2.05, 4.69) is 15.3 Å². The monoisotopic (exact) mass is 377 g/mol. The van der Waals surface area contributed by atoms with Gasteiger partial charge in [0, 0.05) is 12.1 Å². The third-order valence-electron chi connectivity index (χ3n) is 5.31. The zero-order valence-corrected chi connectivity index (χ0v) is 15.5. The SMILES string of the molecule is O=C(O)C1CCC(CNc2nc(-c3ccccc3)cc(-c3ccco3)n2)CC1. The second-order valence-corrected chi connectivity index (χ2v) is 7.24. The van der Waals surface area contributed by atoms with E-state index in [0.29, 0.717) is 17.6 Å². The van der Waals surface area contributed by atoms with Crippen molar-refractivity contribution in [3.8, 4) is 22.7 Å². The minimum absolute atomic E-state index is 0.195. The average Bonchev–Trinajstić information content (AvgIpc) is 3.28. The molecule has 0 aliphatic heterocycles. The molecule has 0 unspecified atom stereocenters. The molecule has 0 bridgehead atoms. The highest BCUT2D eigenvalue weighted by atomic mass is 16.4. The average molecular weight is 377 g/mol. The van der Waals surface area contributed by atoms with Crippen LogP contribution in [0.3, 0.4) is 0 Å². The minimum atomic E-state index is -0.673. The molecule has 6 heteroatoms. The number of hydrogen-bond acceptors (Lipinski definition) is 5. The Morgan fingerprint density at radius 1 is 1.04 bits per heavy atom. The third-order valence-corrected chi connectivity index (χ3v) is 5.31. The maximum atomic E-state index is 11.1. The number of carboxylic acids is 1. The van der Waals surface area contributed by atoms with Gasteiger partial charge in [0.1, 0.15) is 5.69 Å². The summed E-state index contributed by atoms with van der Waals surface area (Å²) in [6.07, 6.45) is 4.93. The van der Waals surface area contributed by atoms with Gasteiger partial charge in [-0.1, -0.05) is 30.3 Å². The molecule has 2 N–H and O–H groups in total. The number of aliphatic carboxylic acids is 1. The molecule has 0 radical (unpaired) electrons. The topological polar surface area (TPSA) is 88.2 Å². The molecule has 4 rings (SSSR count). The first kappa shape index (κ1) is 18.2. The van der Waals surface area contributed by atoms with Crippen molar-refractivity contribution in [1.82, 2.24) is 9.97 Å². The fourth-order valence-corrected chi connectivity index (χ4v) is 3.68. The first-order valence-corrected chi connectivity index (χ1v) is 9.64. The molecule has 28 heavy (non-hydrogen) atoms. The Morgan fingerprint density at radius 3 is 2.46 bits per heavy atom. The van der Waals surface area contributed by atoms with E-state index in [1.165, 1.54) is 0 Å². The van der Waals surface area contributed by atoms with E-state index in [1.54, 1.807) is 6.26 Å². The van der Waals surface area contributed by atoms with Crippen LogP contribution >= 0.6 is 0 Å². The summed E-state index contributed by atoms with van der Waals surface area (Å²) < 4.78 is 5.52. The summed E-state index contributed by atoms with van der Waals surface area (Å²) in [7, 11) is 0. The standard InChI is InChI=1S/C22H23N3O3/c26-21(27)17-10-8-15(9-11-17)14-23-22-24-18(16-5-2-1-3-6-16)13-19(25-22)20-7-4-12-28-20/h1-7,12-13,15,17H,8-11,14H2,(H,26,27)(H,23,24,25). The Hall–Kier alpha value is -3.15. The summed E-state index contributed by atoms with van der Waals surface area (Å²) in [6, 6.07) is 15.6. The molecular weight excluding hydrogens is 354 g/mol. The van der Waals surface area contributed by atoms with Gasteiger partial charge in [-0.3, -0.25) is 4.79 Å². The molecule has 3 aromatic rings. The van der Waals surface area contributed by atoms with Crippen LogP contribution < -0.4 is 5.32 Å². The molecule has 2 heterocycles. The maximum Gasteiger partial charge on any atom is 0.306 e. The molecule has 144 valence electrons. The summed E-state index contributed by atoms with van der Waals surface area (Å²) in [4.78, 5) is 20.4. The summed E-state index contributed by atoms with van der Waals surface area (Å²) in [5.74, 6) is 0.831. The van der Waals surface area contributed by atoms with Crippen LogP contribution in [-0.4, -0.2) is 27.6 Å². The van der Waals surface area contributed by atoms with Gasteiger partial charge in [0.25, 0.3) is 0 Å². The zero-order valence-electron chi connectivity index (χ0n) is 15.5. The lowest BCUT2D eigenvalue weighted by molar-refractivity contribution is -0.143. The lowest BCUT2D eigenvalue weighted by Gasteiger charge is -2.26. The molecule has 1 saturated carbocycles. The Morgan fingerprint density at radius 2 is 1.79 bits per heavy atom. The maximum absolute atomic E-state index is 11.1. The highest BCUT2D eigenvalue weighted by Gasteiger charge is 2.25. The Labute approximate surface area is 163 Å². The Kier molecular flexibility index (Phi) is 5.37. The van der Waals surface area contributed by atoms with Crippen LogP contribution in [0.2, 0.25) is 0 Å². The van der Waals surface area contributed by atoms with Gasteiger partial charge in [-0.15, -0.1) is 0 Å². The van der Waals surface area contributed by atoms with Crippen molar-refractivity contribution in [3.63, 3.8) is 0 Å². The fourth-order valence-electron chi connectivity index (χ4n) is 3.68. The van der Waals surface area contributed by atoms with E-state index >= 15 is 0 Å². The highest BCUT2D eigenvalue weighted by molar-refractivity contribution is 5.70. The lowest BCUT2D eigenvalue weighted by Crippen LogP contribution is -2.25. The number of anilines is 1. The van der Waals surface area contributed by atoms with Gasteiger partial charge in [0.15, 0.2) is 5.76 Å². The van der Waals surface area contributed by atoms with Gasteiger partial charge < -0.3 is 14.8 Å². The second-order valence-electron chi connectivity index (χ2n) is 7.24. The number of aromatic nitrogens is 2. The van der Waals surface area contributed by atoms with Gasteiger partial charge in [-0.2, -0.15) is 0 Å². The molecular formula is C22H23N3O3. The largest absolute Gasteiger partial charge is 0.481 e.